The highest BCUT2D eigenvalue weighted by atomic mass is 19.1. The van der Waals surface area contributed by atoms with Crippen LogP contribution in [0.3, 0.4) is 0 Å². The van der Waals surface area contributed by atoms with Gasteiger partial charge in [0, 0.05) is 17.3 Å². The van der Waals surface area contributed by atoms with Gasteiger partial charge in [-0.2, -0.15) is 0 Å². The highest BCUT2D eigenvalue weighted by Crippen LogP contribution is 2.35. The molecule has 0 radical (unpaired) electrons. The van der Waals surface area contributed by atoms with Crippen molar-refractivity contribution in [3.8, 4) is 5.75 Å². The Morgan fingerprint density at radius 2 is 1.76 bits per heavy atom. The van der Waals surface area contributed by atoms with Gasteiger partial charge in [-0.1, -0.05) is 24.3 Å². The lowest BCUT2D eigenvalue weighted by atomic mass is 10.00. The Balaban J connectivity index is 1.55. The first kappa shape index (κ1) is 25.7. The van der Waals surface area contributed by atoms with E-state index in [-0.39, 0.29) is 18.5 Å². The second-order valence-electron chi connectivity index (χ2n) is 8.97. The summed E-state index contributed by atoms with van der Waals surface area (Å²) in [4.78, 5) is 40.0. The Morgan fingerprint density at radius 1 is 1.05 bits per heavy atom. The normalized spacial score (nSPS) is 16.9. The number of anilines is 1. The summed E-state index contributed by atoms with van der Waals surface area (Å²) in [6.07, 6.45) is -1.45. The zero-order valence-electron chi connectivity index (χ0n) is 20.7. The van der Waals surface area contributed by atoms with E-state index in [9.17, 15) is 18.8 Å². The first-order valence-corrected chi connectivity index (χ1v) is 11.8. The molecule has 9 heteroatoms. The molecule has 0 saturated carbocycles. The van der Waals surface area contributed by atoms with Crippen LogP contribution in [-0.2, 0) is 16.1 Å². The summed E-state index contributed by atoms with van der Waals surface area (Å²) in [6, 6.07) is 18.2. The largest absolute Gasteiger partial charge is 0.497 e. The van der Waals surface area contributed by atoms with Crippen LogP contribution in [0.2, 0.25) is 0 Å². The number of nitrogens with one attached hydrogen (secondary N) is 2. The molecule has 4 rings (SSSR count). The number of carbonyl (C=O) groups excluding carboxylic acids is 3. The molecule has 2 atom stereocenters. The summed E-state index contributed by atoms with van der Waals surface area (Å²) in [7, 11) is 1.56. The molecule has 0 bridgehead atoms. The number of benzene rings is 3. The summed E-state index contributed by atoms with van der Waals surface area (Å²) >= 11 is 0. The van der Waals surface area contributed by atoms with Crippen LogP contribution in [0.15, 0.2) is 72.8 Å². The fraction of sp³-hybridized carbons (Fsp3) is 0.250. The average Bonchev–Trinajstić information content (AvgIpc) is 3.20. The number of ether oxygens (including phenoxy) is 2. The van der Waals surface area contributed by atoms with Gasteiger partial charge in [0.15, 0.2) is 12.1 Å². The molecule has 2 unspecified atom stereocenters. The maximum atomic E-state index is 13.2. The smallest absolute Gasteiger partial charge is 0.411 e. The van der Waals surface area contributed by atoms with Crippen LogP contribution in [-0.4, -0.2) is 42.0 Å². The van der Waals surface area contributed by atoms with Gasteiger partial charge in [0.1, 0.15) is 11.6 Å². The third-order valence-electron chi connectivity index (χ3n) is 5.87. The predicted octanol–water partition coefficient (Wildman–Crippen LogP) is 4.67. The molecule has 3 aromatic carbocycles. The van der Waals surface area contributed by atoms with E-state index < -0.39 is 30.0 Å². The maximum Gasteiger partial charge on any atom is 0.411 e. The molecule has 1 saturated heterocycles. The molecular weight excluding hydrogens is 477 g/mol. The molecule has 1 heterocycles. The predicted molar refractivity (Wildman–Crippen MR) is 136 cm³/mol. The number of cyclic esters (lactones) is 1. The Hall–Kier alpha value is -4.40. The third kappa shape index (κ3) is 6.06. The van der Waals surface area contributed by atoms with Crippen molar-refractivity contribution < 1.29 is 28.2 Å². The van der Waals surface area contributed by atoms with Crippen LogP contribution in [0.5, 0.6) is 5.75 Å². The Bertz CT molecular complexity index is 1280. The van der Waals surface area contributed by atoms with Gasteiger partial charge in [0.2, 0.25) is 5.91 Å². The molecule has 0 spiro atoms. The number of rotatable bonds is 8. The third-order valence-corrected chi connectivity index (χ3v) is 5.87. The van der Waals surface area contributed by atoms with Crippen molar-refractivity contribution in [3.63, 3.8) is 0 Å². The highest BCUT2D eigenvalue weighted by Gasteiger charge is 2.47. The van der Waals surface area contributed by atoms with Crippen molar-refractivity contribution in [2.24, 2.45) is 0 Å². The Morgan fingerprint density at radius 3 is 2.41 bits per heavy atom. The number of hydrogen-bond donors (Lipinski definition) is 2. The van der Waals surface area contributed by atoms with Gasteiger partial charge in [-0.25, -0.2) is 9.18 Å². The molecule has 0 aliphatic carbocycles. The first-order valence-electron chi connectivity index (χ1n) is 11.8. The molecule has 8 nitrogen and oxygen atoms in total. The van der Waals surface area contributed by atoms with E-state index in [1.54, 1.807) is 43.5 Å². The number of methoxy groups -OCH3 is 1. The standard InChI is InChI=1S/C28H28FN3O5/c1-17(2)30-27(34)24-25(37-28(35)32(24)16-18-5-4-6-23(15-18)36-3)19-9-13-22(14-10-19)31-26(33)20-7-11-21(29)12-8-20/h4-15,17,24-25H,16H2,1-3H3,(H,30,34)(H,31,33). The number of hydrogen-bond acceptors (Lipinski definition) is 5. The van der Waals surface area contributed by atoms with Crippen molar-refractivity contribution in [1.82, 2.24) is 10.2 Å². The van der Waals surface area contributed by atoms with Crippen molar-refractivity contribution in [2.75, 3.05) is 12.4 Å². The summed E-state index contributed by atoms with van der Waals surface area (Å²) in [6.45, 7) is 3.85. The number of amides is 3. The van der Waals surface area contributed by atoms with E-state index >= 15 is 0 Å². The van der Waals surface area contributed by atoms with Crippen LogP contribution < -0.4 is 15.4 Å². The maximum absolute atomic E-state index is 13.2. The minimum atomic E-state index is -0.902. The highest BCUT2D eigenvalue weighted by molar-refractivity contribution is 6.04. The second-order valence-corrected chi connectivity index (χ2v) is 8.97. The van der Waals surface area contributed by atoms with Gasteiger partial charge >= 0.3 is 6.09 Å². The van der Waals surface area contributed by atoms with E-state index in [0.717, 1.165) is 5.56 Å². The molecule has 1 aliphatic rings. The van der Waals surface area contributed by atoms with Gasteiger partial charge in [-0.05, 0) is 73.5 Å². The van der Waals surface area contributed by atoms with Crippen LogP contribution in [0.1, 0.15) is 41.4 Å². The zero-order valence-corrected chi connectivity index (χ0v) is 20.7. The van der Waals surface area contributed by atoms with E-state index in [4.69, 9.17) is 9.47 Å². The molecule has 37 heavy (non-hydrogen) atoms. The summed E-state index contributed by atoms with van der Waals surface area (Å²) in [5, 5.41) is 5.63. The van der Waals surface area contributed by atoms with Crippen molar-refractivity contribution in [3.05, 3.63) is 95.3 Å². The number of nitrogens with zero attached hydrogens (tertiary/aromatic N) is 1. The van der Waals surface area contributed by atoms with Gasteiger partial charge in [0.05, 0.1) is 13.7 Å². The molecule has 192 valence electrons. The Labute approximate surface area is 214 Å². The van der Waals surface area contributed by atoms with E-state index in [2.05, 4.69) is 10.6 Å². The monoisotopic (exact) mass is 505 g/mol. The van der Waals surface area contributed by atoms with Gasteiger partial charge in [0.25, 0.3) is 5.91 Å². The topological polar surface area (TPSA) is 97.0 Å². The SMILES string of the molecule is COc1cccc(CN2C(=O)OC(c3ccc(NC(=O)c4ccc(F)cc4)cc3)C2C(=O)NC(C)C)c1. The van der Waals surface area contributed by atoms with E-state index in [1.807, 2.05) is 26.0 Å². The molecule has 0 aromatic heterocycles. The van der Waals surface area contributed by atoms with Gasteiger partial charge in [-0.15, -0.1) is 0 Å². The number of halogens is 1. The van der Waals surface area contributed by atoms with Crippen LogP contribution in [0.25, 0.3) is 0 Å². The minimum absolute atomic E-state index is 0.133. The summed E-state index contributed by atoms with van der Waals surface area (Å²) < 4.78 is 24.1. The molecule has 3 amide bonds. The quantitative estimate of drug-likeness (QED) is 0.464. The van der Waals surface area contributed by atoms with Gasteiger partial charge < -0.3 is 20.1 Å². The van der Waals surface area contributed by atoms with Crippen molar-refractivity contribution in [1.29, 1.82) is 0 Å². The summed E-state index contributed by atoms with van der Waals surface area (Å²) in [5.74, 6) is -0.507. The Kier molecular flexibility index (Phi) is 7.71. The molecule has 1 fully saturated rings. The number of carbonyl (C=O) groups is 3. The fourth-order valence-electron chi connectivity index (χ4n) is 4.11. The zero-order chi connectivity index (χ0) is 26.5. The van der Waals surface area contributed by atoms with Gasteiger partial charge in [-0.3, -0.25) is 14.5 Å². The summed E-state index contributed by atoms with van der Waals surface area (Å²) in [5.41, 5.74) is 2.20. The van der Waals surface area contributed by atoms with Crippen molar-refractivity contribution in [2.45, 2.75) is 38.6 Å². The van der Waals surface area contributed by atoms with Crippen LogP contribution in [0.4, 0.5) is 14.9 Å². The van der Waals surface area contributed by atoms with Crippen LogP contribution >= 0.6 is 0 Å². The molecule has 1 aliphatic heterocycles. The lowest BCUT2D eigenvalue weighted by molar-refractivity contribution is -0.126. The fourth-order valence-corrected chi connectivity index (χ4v) is 4.11. The molecule has 2 N–H and O–H groups in total. The molecular formula is C28H28FN3O5. The van der Waals surface area contributed by atoms with Crippen molar-refractivity contribution >= 4 is 23.6 Å². The molecule has 3 aromatic rings. The lowest BCUT2D eigenvalue weighted by Crippen LogP contribution is -2.48. The van der Waals surface area contributed by atoms with E-state index in [0.29, 0.717) is 22.6 Å². The lowest BCUT2D eigenvalue weighted by Gasteiger charge is -2.25. The van der Waals surface area contributed by atoms with E-state index in [1.165, 1.54) is 29.2 Å². The van der Waals surface area contributed by atoms with Crippen LogP contribution in [0, 0.1) is 5.82 Å². The minimum Gasteiger partial charge on any atom is -0.497 e. The average molecular weight is 506 g/mol. The first-order chi connectivity index (χ1) is 17.7. The second kappa shape index (κ2) is 11.1.